The molecule has 0 aromatic heterocycles. The summed E-state index contributed by atoms with van der Waals surface area (Å²) in [4.78, 5) is 31.4. The van der Waals surface area contributed by atoms with E-state index in [0.717, 1.165) is 0 Å². The van der Waals surface area contributed by atoms with E-state index in [2.05, 4.69) is 5.10 Å². The van der Waals surface area contributed by atoms with Crippen LogP contribution in [0.25, 0.3) is 0 Å². The van der Waals surface area contributed by atoms with Crippen molar-refractivity contribution in [2.45, 2.75) is 13.3 Å². The number of hydrazine groups is 1. The highest BCUT2D eigenvalue weighted by Crippen LogP contribution is 1.84. The van der Waals surface area contributed by atoms with Crippen LogP contribution in [-0.2, 0) is 4.79 Å². The van der Waals surface area contributed by atoms with E-state index in [1.807, 2.05) is 16.3 Å². The zero-order valence-electron chi connectivity index (χ0n) is 8.03. The van der Waals surface area contributed by atoms with Gasteiger partial charge in [-0.1, -0.05) is 0 Å². The van der Waals surface area contributed by atoms with Gasteiger partial charge in [0.2, 0.25) is 5.91 Å². The van der Waals surface area contributed by atoms with Gasteiger partial charge in [-0.2, -0.15) is 5.10 Å². The molecule has 0 aliphatic carbocycles. The second-order valence-electron chi connectivity index (χ2n) is 2.54. The van der Waals surface area contributed by atoms with Crippen molar-refractivity contribution < 1.29 is 14.4 Å². The molecule has 0 heterocycles. The van der Waals surface area contributed by atoms with E-state index in [9.17, 15) is 14.4 Å². The monoisotopic (exact) mass is 216 g/mol. The van der Waals surface area contributed by atoms with Gasteiger partial charge in [-0.25, -0.2) is 20.4 Å². The first-order valence-electron chi connectivity index (χ1n) is 3.84. The van der Waals surface area contributed by atoms with Gasteiger partial charge in [-0.3, -0.25) is 10.2 Å². The van der Waals surface area contributed by atoms with Crippen LogP contribution < -0.4 is 27.7 Å². The van der Waals surface area contributed by atoms with E-state index >= 15 is 0 Å². The quantitative estimate of drug-likeness (QED) is 0.277. The first-order chi connectivity index (χ1) is 6.91. The van der Waals surface area contributed by atoms with E-state index in [0.29, 0.717) is 5.71 Å². The number of amides is 5. The molecule has 15 heavy (non-hydrogen) atoms. The van der Waals surface area contributed by atoms with Gasteiger partial charge in [-0.05, 0) is 6.92 Å². The zero-order valence-corrected chi connectivity index (χ0v) is 8.03. The topological polar surface area (TPSA) is 152 Å². The molecule has 0 unspecified atom stereocenters. The van der Waals surface area contributed by atoms with Gasteiger partial charge >= 0.3 is 12.1 Å². The van der Waals surface area contributed by atoms with Gasteiger partial charge in [0.25, 0.3) is 0 Å². The van der Waals surface area contributed by atoms with Crippen LogP contribution in [0.2, 0.25) is 0 Å². The Bertz CT molecular complexity index is 299. The molecule has 0 aromatic rings. The van der Waals surface area contributed by atoms with Crippen LogP contribution in [0.15, 0.2) is 5.10 Å². The molecule has 0 rings (SSSR count). The average molecular weight is 216 g/mol. The normalized spacial score (nSPS) is 10.3. The van der Waals surface area contributed by atoms with E-state index in [1.165, 1.54) is 6.92 Å². The van der Waals surface area contributed by atoms with Crippen molar-refractivity contribution in [3.63, 3.8) is 0 Å². The summed E-state index contributed by atoms with van der Waals surface area (Å²) < 4.78 is 0. The summed E-state index contributed by atoms with van der Waals surface area (Å²) in [5.41, 5.74) is 15.6. The summed E-state index contributed by atoms with van der Waals surface area (Å²) in [7, 11) is 0. The number of carbonyl (C=O) groups excluding carboxylic acids is 3. The van der Waals surface area contributed by atoms with Crippen molar-refractivity contribution in [2.75, 3.05) is 0 Å². The minimum absolute atomic E-state index is 0.111. The Balaban J connectivity index is 3.90. The molecule has 0 aromatic carbocycles. The van der Waals surface area contributed by atoms with Gasteiger partial charge in [0.15, 0.2) is 0 Å². The summed E-state index contributed by atoms with van der Waals surface area (Å²) in [6.45, 7) is 1.50. The highest BCUT2D eigenvalue weighted by molar-refractivity contribution is 6.00. The minimum atomic E-state index is -0.881. The predicted octanol–water partition coefficient (Wildman–Crippen LogP) is -1.88. The average Bonchev–Trinajstić information content (AvgIpc) is 2.11. The first kappa shape index (κ1) is 12.7. The Morgan fingerprint density at radius 2 is 1.73 bits per heavy atom. The number of hydrogen-bond acceptors (Lipinski definition) is 4. The molecular formula is C6H12N6O3. The molecule has 0 bridgehead atoms. The number of nitrogens with one attached hydrogen (secondary N) is 3. The van der Waals surface area contributed by atoms with Gasteiger partial charge in [0.05, 0.1) is 6.42 Å². The summed E-state index contributed by atoms with van der Waals surface area (Å²) in [5.74, 6) is -0.527. The van der Waals surface area contributed by atoms with Crippen molar-refractivity contribution in [3.8, 4) is 0 Å². The molecule has 84 valence electrons. The number of hydrogen-bond donors (Lipinski definition) is 5. The van der Waals surface area contributed by atoms with E-state index < -0.39 is 18.0 Å². The lowest BCUT2D eigenvalue weighted by molar-refractivity contribution is -0.120. The summed E-state index contributed by atoms with van der Waals surface area (Å²) in [5, 5.41) is 3.48. The molecular weight excluding hydrogens is 204 g/mol. The molecule has 0 aliphatic rings. The van der Waals surface area contributed by atoms with E-state index in [1.54, 1.807) is 0 Å². The van der Waals surface area contributed by atoms with Crippen molar-refractivity contribution >= 4 is 23.7 Å². The second kappa shape index (κ2) is 6.18. The van der Waals surface area contributed by atoms with Gasteiger partial charge in [-0.15, -0.1) is 0 Å². The molecule has 0 saturated carbocycles. The van der Waals surface area contributed by atoms with Crippen molar-refractivity contribution in [2.24, 2.45) is 16.6 Å². The van der Waals surface area contributed by atoms with Crippen LogP contribution >= 0.6 is 0 Å². The number of nitrogens with zero attached hydrogens (tertiary/aromatic N) is 1. The SMILES string of the molecule is C/C(CC(=O)NNC(N)=O)=N\NC(N)=O. The van der Waals surface area contributed by atoms with Gasteiger partial charge in [0, 0.05) is 5.71 Å². The van der Waals surface area contributed by atoms with Crippen molar-refractivity contribution in [1.82, 2.24) is 16.3 Å². The van der Waals surface area contributed by atoms with E-state index in [4.69, 9.17) is 11.5 Å². The fourth-order valence-electron chi connectivity index (χ4n) is 0.598. The highest BCUT2D eigenvalue weighted by Gasteiger charge is 2.04. The number of nitrogens with two attached hydrogens (primary N) is 2. The van der Waals surface area contributed by atoms with Crippen molar-refractivity contribution in [3.05, 3.63) is 0 Å². The fourth-order valence-corrected chi connectivity index (χ4v) is 0.598. The van der Waals surface area contributed by atoms with Crippen LogP contribution in [-0.4, -0.2) is 23.7 Å². The Labute approximate surface area is 85.2 Å². The number of primary amides is 2. The number of rotatable bonds is 3. The maximum absolute atomic E-state index is 11.0. The maximum Gasteiger partial charge on any atom is 0.332 e. The lowest BCUT2D eigenvalue weighted by Crippen LogP contribution is -2.45. The molecule has 5 amide bonds. The lowest BCUT2D eigenvalue weighted by Gasteiger charge is -2.04. The number of hydrazone groups is 1. The van der Waals surface area contributed by atoms with Gasteiger partial charge < -0.3 is 11.5 Å². The Kier molecular flexibility index (Phi) is 5.23. The molecule has 9 heteroatoms. The Morgan fingerprint density at radius 3 is 2.20 bits per heavy atom. The molecule has 0 aliphatic heterocycles. The molecule has 0 atom stereocenters. The van der Waals surface area contributed by atoms with Crippen LogP contribution in [0.5, 0.6) is 0 Å². The predicted molar refractivity (Wildman–Crippen MR) is 51.3 cm³/mol. The highest BCUT2D eigenvalue weighted by atomic mass is 16.2. The largest absolute Gasteiger partial charge is 0.350 e. The summed E-state index contributed by atoms with van der Waals surface area (Å²) in [6.07, 6.45) is -0.111. The maximum atomic E-state index is 11.0. The standard InChI is InChI=1S/C6H12N6O3/c1-3(9-11-5(7)14)2-4(13)10-12-6(8)15/h2H2,1H3,(H,10,13)(H3,7,11,14)(H3,8,12,15)/b9-3+. The van der Waals surface area contributed by atoms with Crippen LogP contribution in [0.4, 0.5) is 9.59 Å². The Morgan fingerprint density at radius 1 is 1.13 bits per heavy atom. The van der Waals surface area contributed by atoms with Crippen LogP contribution in [0, 0.1) is 0 Å². The minimum Gasteiger partial charge on any atom is -0.350 e. The molecule has 0 saturated heterocycles. The summed E-state index contributed by atoms with van der Waals surface area (Å²) in [6, 6.07) is -1.71. The third-order valence-corrected chi connectivity index (χ3v) is 1.10. The number of carbonyl (C=O) groups is 3. The molecule has 0 spiro atoms. The molecule has 0 radical (unpaired) electrons. The third kappa shape index (κ3) is 8.02. The van der Waals surface area contributed by atoms with Gasteiger partial charge in [0.1, 0.15) is 0 Å². The van der Waals surface area contributed by atoms with Crippen LogP contribution in [0.1, 0.15) is 13.3 Å². The van der Waals surface area contributed by atoms with Crippen molar-refractivity contribution in [1.29, 1.82) is 0 Å². The molecule has 9 nitrogen and oxygen atoms in total. The summed E-state index contributed by atoms with van der Waals surface area (Å²) >= 11 is 0. The smallest absolute Gasteiger partial charge is 0.332 e. The Hall–Kier alpha value is -2.32. The molecule has 0 fully saturated rings. The molecule has 7 N–H and O–H groups in total. The third-order valence-electron chi connectivity index (χ3n) is 1.10. The second-order valence-corrected chi connectivity index (χ2v) is 2.54. The van der Waals surface area contributed by atoms with Crippen LogP contribution in [0.3, 0.4) is 0 Å². The fraction of sp³-hybridized carbons (Fsp3) is 0.333. The first-order valence-corrected chi connectivity index (χ1v) is 3.84. The number of urea groups is 2. The lowest BCUT2D eigenvalue weighted by atomic mass is 10.3. The van der Waals surface area contributed by atoms with E-state index in [-0.39, 0.29) is 6.42 Å². The zero-order chi connectivity index (χ0) is 11.8.